The van der Waals surface area contributed by atoms with Crippen LogP contribution in [-0.2, 0) is 10.0 Å². The molecule has 0 bridgehead atoms. The lowest BCUT2D eigenvalue weighted by Crippen LogP contribution is -2.42. The highest BCUT2D eigenvalue weighted by molar-refractivity contribution is 7.89. The van der Waals surface area contributed by atoms with Crippen LogP contribution in [0.5, 0.6) is 0 Å². The Morgan fingerprint density at radius 2 is 2.20 bits per heavy atom. The monoisotopic (exact) mass is 236 g/mol. The first-order valence-electron chi connectivity index (χ1n) is 5.34. The molecule has 1 fully saturated rings. The van der Waals surface area contributed by atoms with Crippen LogP contribution in [0.2, 0.25) is 0 Å². The molecule has 0 radical (unpaired) electrons. The van der Waals surface area contributed by atoms with E-state index in [-0.39, 0.29) is 18.8 Å². The van der Waals surface area contributed by atoms with Crippen molar-refractivity contribution in [2.45, 2.75) is 31.8 Å². The molecular formula is C9H20N2O3S. The molecule has 1 heterocycles. The van der Waals surface area contributed by atoms with Crippen LogP contribution >= 0.6 is 0 Å². The van der Waals surface area contributed by atoms with Crippen molar-refractivity contribution in [1.82, 2.24) is 4.31 Å². The van der Waals surface area contributed by atoms with E-state index < -0.39 is 15.6 Å². The van der Waals surface area contributed by atoms with E-state index in [2.05, 4.69) is 0 Å². The molecule has 0 aromatic carbocycles. The summed E-state index contributed by atoms with van der Waals surface area (Å²) in [7, 11) is -3.19. The largest absolute Gasteiger partial charge is 0.387 e. The smallest absolute Gasteiger partial charge is 0.214 e. The summed E-state index contributed by atoms with van der Waals surface area (Å²) < 4.78 is 24.9. The topological polar surface area (TPSA) is 83.6 Å². The fraction of sp³-hybridized carbons (Fsp3) is 1.00. The summed E-state index contributed by atoms with van der Waals surface area (Å²) in [4.78, 5) is 0. The molecule has 5 nitrogen and oxygen atoms in total. The normalized spacial score (nSPS) is 28.5. The second kappa shape index (κ2) is 4.78. The minimum Gasteiger partial charge on any atom is -0.387 e. The number of aliphatic hydroxyl groups is 1. The van der Waals surface area contributed by atoms with Gasteiger partial charge in [-0.1, -0.05) is 13.3 Å². The number of unbranched alkanes of at least 4 members (excludes halogenated alkanes) is 1. The Kier molecular flexibility index (Phi) is 4.11. The number of nitrogens with two attached hydrogens (primary N) is 1. The molecule has 0 spiro atoms. The predicted molar refractivity (Wildman–Crippen MR) is 58.9 cm³/mol. The van der Waals surface area contributed by atoms with Gasteiger partial charge in [0, 0.05) is 19.6 Å². The van der Waals surface area contributed by atoms with Crippen molar-refractivity contribution in [2.75, 3.05) is 25.4 Å². The number of sulfonamides is 1. The SMILES string of the molecule is CCCCS(=O)(=O)N1CCC(O)(CN)C1. The van der Waals surface area contributed by atoms with Crippen molar-refractivity contribution >= 4 is 10.0 Å². The van der Waals surface area contributed by atoms with Crippen LogP contribution in [0.15, 0.2) is 0 Å². The highest BCUT2D eigenvalue weighted by atomic mass is 32.2. The van der Waals surface area contributed by atoms with Gasteiger partial charge in [0.05, 0.1) is 11.4 Å². The van der Waals surface area contributed by atoms with Crippen LogP contribution in [0.1, 0.15) is 26.2 Å². The van der Waals surface area contributed by atoms with Gasteiger partial charge in [-0.15, -0.1) is 0 Å². The highest BCUT2D eigenvalue weighted by Gasteiger charge is 2.39. The van der Waals surface area contributed by atoms with E-state index in [1.807, 2.05) is 6.92 Å². The van der Waals surface area contributed by atoms with Crippen molar-refractivity contribution < 1.29 is 13.5 Å². The third kappa shape index (κ3) is 3.14. The standard InChI is InChI=1S/C9H20N2O3S/c1-2-3-6-15(13,14)11-5-4-9(12,7-10)8-11/h12H,2-8,10H2,1H3. The number of rotatable bonds is 5. The maximum Gasteiger partial charge on any atom is 0.214 e. The van der Waals surface area contributed by atoms with Crippen molar-refractivity contribution in [3.8, 4) is 0 Å². The van der Waals surface area contributed by atoms with Gasteiger partial charge in [0.15, 0.2) is 0 Å². The molecule has 6 heteroatoms. The average Bonchev–Trinajstić information content (AvgIpc) is 2.60. The average molecular weight is 236 g/mol. The first-order valence-corrected chi connectivity index (χ1v) is 6.95. The van der Waals surface area contributed by atoms with E-state index in [1.54, 1.807) is 0 Å². The fourth-order valence-electron chi connectivity index (χ4n) is 1.68. The Labute approximate surface area is 91.3 Å². The molecule has 15 heavy (non-hydrogen) atoms. The van der Waals surface area contributed by atoms with Gasteiger partial charge in [0.1, 0.15) is 0 Å². The molecule has 3 N–H and O–H groups in total. The lowest BCUT2D eigenvalue weighted by atomic mass is 10.1. The van der Waals surface area contributed by atoms with Crippen LogP contribution in [0.4, 0.5) is 0 Å². The second-order valence-corrected chi connectivity index (χ2v) is 6.27. The van der Waals surface area contributed by atoms with E-state index in [0.717, 1.165) is 6.42 Å². The summed E-state index contributed by atoms with van der Waals surface area (Å²) in [6, 6.07) is 0. The maximum atomic E-state index is 11.8. The van der Waals surface area contributed by atoms with Crippen molar-refractivity contribution in [3.63, 3.8) is 0 Å². The van der Waals surface area contributed by atoms with E-state index in [0.29, 0.717) is 19.4 Å². The summed E-state index contributed by atoms with van der Waals surface area (Å²) in [5, 5.41) is 9.83. The molecule has 0 amide bonds. The number of hydrogen-bond acceptors (Lipinski definition) is 4. The van der Waals surface area contributed by atoms with Crippen LogP contribution in [0, 0.1) is 0 Å². The summed E-state index contributed by atoms with van der Waals surface area (Å²) in [5.41, 5.74) is 4.39. The third-order valence-corrected chi connectivity index (χ3v) is 4.73. The first-order chi connectivity index (χ1) is 6.93. The van der Waals surface area contributed by atoms with Crippen LogP contribution in [0.3, 0.4) is 0 Å². The van der Waals surface area contributed by atoms with Crippen LogP contribution in [0.25, 0.3) is 0 Å². The molecule has 1 unspecified atom stereocenters. The third-order valence-electron chi connectivity index (χ3n) is 2.83. The molecule has 0 aliphatic carbocycles. The van der Waals surface area contributed by atoms with Gasteiger partial charge in [-0.25, -0.2) is 8.42 Å². The van der Waals surface area contributed by atoms with Crippen LogP contribution < -0.4 is 5.73 Å². The maximum absolute atomic E-state index is 11.8. The van der Waals surface area contributed by atoms with E-state index in [9.17, 15) is 13.5 Å². The minimum atomic E-state index is -3.19. The molecule has 1 saturated heterocycles. The quantitative estimate of drug-likeness (QED) is 0.675. The lowest BCUT2D eigenvalue weighted by molar-refractivity contribution is 0.0651. The Morgan fingerprint density at radius 3 is 2.67 bits per heavy atom. The Balaban J connectivity index is 2.60. The van der Waals surface area contributed by atoms with Gasteiger partial charge >= 0.3 is 0 Å². The van der Waals surface area contributed by atoms with Gasteiger partial charge in [-0.3, -0.25) is 0 Å². The molecule has 0 aromatic heterocycles. The zero-order valence-corrected chi connectivity index (χ0v) is 9.96. The van der Waals surface area contributed by atoms with E-state index >= 15 is 0 Å². The summed E-state index contributed by atoms with van der Waals surface area (Å²) in [6.45, 7) is 2.61. The number of hydrogen-bond donors (Lipinski definition) is 2. The van der Waals surface area contributed by atoms with Crippen molar-refractivity contribution in [3.05, 3.63) is 0 Å². The lowest BCUT2D eigenvalue weighted by Gasteiger charge is -2.21. The Morgan fingerprint density at radius 1 is 1.53 bits per heavy atom. The van der Waals surface area contributed by atoms with E-state index in [1.165, 1.54) is 4.31 Å². The van der Waals surface area contributed by atoms with Gasteiger partial charge in [-0.2, -0.15) is 4.31 Å². The van der Waals surface area contributed by atoms with Gasteiger partial charge in [0.2, 0.25) is 10.0 Å². The predicted octanol–water partition coefficient (Wildman–Crippen LogP) is -0.488. The molecule has 90 valence electrons. The first kappa shape index (κ1) is 12.9. The Bertz CT molecular complexity index is 304. The molecule has 1 aliphatic rings. The minimum absolute atomic E-state index is 0.118. The molecular weight excluding hydrogens is 216 g/mol. The zero-order chi connectivity index (χ0) is 11.5. The summed E-state index contributed by atoms with van der Waals surface area (Å²) in [5.74, 6) is 0.171. The van der Waals surface area contributed by atoms with Crippen molar-refractivity contribution in [1.29, 1.82) is 0 Å². The van der Waals surface area contributed by atoms with Crippen molar-refractivity contribution in [2.24, 2.45) is 5.73 Å². The number of β-amino-alcohol motifs (C(OH)–C–C–N with tert-alkyl or cyclic N) is 1. The molecule has 1 rings (SSSR count). The summed E-state index contributed by atoms with van der Waals surface area (Å²) in [6.07, 6.45) is 1.96. The van der Waals surface area contributed by atoms with Gasteiger partial charge < -0.3 is 10.8 Å². The zero-order valence-electron chi connectivity index (χ0n) is 9.15. The highest BCUT2D eigenvalue weighted by Crippen LogP contribution is 2.23. The molecule has 0 saturated carbocycles. The molecule has 1 atom stereocenters. The molecule has 0 aromatic rings. The van der Waals surface area contributed by atoms with Gasteiger partial charge in [-0.05, 0) is 12.8 Å². The molecule has 1 aliphatic heterocycles. The summed E-state index contributed by atoms with van der Waals surface area (Å²) >= 11 is 0. The van der Waals surface area contributed by atoms with Gasteiger partial charge in [0.25, 0.3) is 0 Å². The number of nitrogens with zero attached hydrogens (tertiary/aromatic N) is 1. The van der Waals surface area contributed by atoms with E-state index in [4.69, 9.17) is 5.73 Å². The fourth-order valence-corrected chi connectivity index (χ4v) is 3.40. The second-order valence-electron chi connectivity index (χ2n) is 4.18. The Hall–Kier alpha value is -0.170. The van der Waals surface area contributed by atoms with Crippen LogP contribution in [-0.4, -0.2) is 48.8 Å².